The second-order valence-corrected chi connectivity index (χ2v) is 5.19. The van der Waals surface area contributed by atoms with Crippen LogP contribution in [0.3, 0.4) is 0 Å². The second kappa shape index (κ2) is 7.37. The van der Waals surface area contributed by atoms with Gasteiger partial charge in [-0.1, -0.05) is 30.3 Å². The van der Waals surface area contributed by atoms with E-state index >= 15 is 0 Å². The predicted molar refractivity (Wildman–Crippen MR) is 76.8 cm³/mol. The Morgan fingerprint density at radius 1 is 1.27 bits per heavy atom. The van der Waals surface area contributed by atoms with Crippen LogP contribution < -0.4 is 5.32 Å². The third-order valence-electron chi connectivity index (χ3n) is 2.56. The molecule has 0 saturated carbocycles. The molecule has 0 saturated heterocycles. The third kappa shape index (κ3) is 5.12. The molecule has 1 heterocycles. The predicted octanol–water partition coefficient (Wildman–Crippen LogP) is 3.12. The molecule has 1 N–H and O–H groups in total. The summed E-state index contributed by atoms with van der Waals surface area (Å²) >= 11 is 1.33. The van der Waals surface area contributed by atoms with Gasteiger partial charge in [0.15, 0.2) is 0 Å². The van der Waals surface area contributed by atoms with Crippen LogP contribution in [0.25, 0.3) is 10.6 Å². The molecule has 8 heteroatoms. The van der Waals surface area contributed by atoms with Crippen LogP contribution >= 0.6 is 11.3 Å². The lowest BCUT2D eigenvalue weighted by atomic mass is 10.2. The van der Waals surface area contributed by atoms with Crippen LogP contribution in [0.15, 0.2) is 35.7 Å². The fraction of sp³-hybridized carbons (Fsp3) is 0.286. The van der Waals surface area contributed by atoms with E-state index in [-0.39, 0.29) is 18.8 Å². The van der Waals surface area contributed by atoms with Gasteiger partial charge in [-0.05, 0) is 0 Å². The Hall–Kier alpha value is -1.93. The topological polar surface area (TPSA) is 51.2 Å². The number of thiazole rings is 1. The molecule has 22 heavy (non-hydrogen) atoms. The summed E-state index contributed by atoms with van der Waals surface area (Å²) in [6.07, 6.45) is -4.36. The van der Waals surface area contributed by atoms with Crippen LogP contribution in [0.1, 0.15) is 10.5 Å². The molecule has 2 aromatic rings. The van der Waals surface area contributed by atoms with Gasteiger partial charge < -0.3 is 10.1 Å². The number of carbonyl (C=O) groups is 1. The first-order valence-corrected chi connectivity index (χ1v) is 7.27. The van der Waals surface area contributed by atoms with Gasteiger partial charge in [-0.15, -0.1) is 11.3 Å². The van der Waals surface area contributed by atoms with Crippen molar-refractivity contribution >= 4 is 17.2 Å². The molecule has 0 spiro atoms. The van der Waals surface area contributed by atoms with E-state index in [2.05, 4.69) is 15.0 Å². The minimum Gasteiger partial charge on any atom is -0.370 e. The molecule has 0 aliphatic carbocycles. The summed E-state index contributed by atoms with van der Waals surface area (Å²) in [6, 6.07) is 9.38. The van der Waals surface area contributed by atoms with Crippen LogP contribution in [0, 0.1) is 0 Å². The molecule has 0 fully saturated rings. The van der Waals surface area contributed by atoms with E-state index < -0.39 is 18.7 Å². The zero-order valence-electron chi connectivity index (χ0n) is 11.4. The standard InChI is InChI=1S/C14H13F3N2O2S/c15-14(16,17)9-21-7-6-18-12(20)11-8-22-13(19-11)10-4-2-1-3-5-10/h1-5,8H,6-7,9H2,(H,18,20). The molecule has 2 rings (SSSR count). The summed E-state index contributed by atoms with van der Waals surface area (Å²) in [4.78, 5) is 16.0. The Labute approximate surface area is 128 Å². The Morgan fingerprint density at radius 3 is 2.68 bits per heavy atom. The first-order chi connectivity index (χ1) is 10.5. The summed E-state index contributed by atoms with van der Waals surface area (Å²) < 4.78 is 39.9. The van der Waals surface area contributed by atoms with Crippen molar-refractivity contribution in [1.82, 2.24) is 10.3 Å². The van der Waals surface area contributed by atoms with Gasteiger partial charge in [-0.2, -0.15) is 13.2 Å². The Morgan fingerprint density at radius 2 is 2.00 bits per heavy atom. The van der Waals surface area contributed by atoms with Crippen molar-refractivity contribution in [3.63, 3.8) is 0 Å². The van der Waals surface area contributed by atoms with Crippen molar-refractivity contribution in [1.29, 1.82) is 0 Å². The summed E-state index contributed by atoms with van der Waals surface area (Å²) in [5, 5.41) is 4.78. The lowest BCUT2D eigenvalue weighted by Crippen LogP contribution is -2.29. The Balaban J connectivity index is 1.80. The van der Waals surface area contributed by atoms with E-state index in [9.17, 15) is 18.0 Å². The highest BCUT2D eigenvalue weighted by molar-refractivity contribution is 7.13. The highest BCUT2D eigenvalue weighted by Gasteiger charge is 2.27. The number of rotatable bonds is 6. The minimum atomic E-state index is -4.36. The molecule has 1 aromatic heterocycles. The van der Waals surface area contributed by atoms with Crippen molar-refractivity contribution in [3.8, 4) is 10.6 Å². The molecule has 1 aromatic carbocycles. The summed E-state index contributed by atoms with van der Waals surface area (Å²) in [5.74, 6) is -0.436. The zero-order valence-corrected chi connectivity index (χ0v) is 12.2. The highest BCUT2D eigenvalue weighted by Crippen LogP contribution is 2.23. The summed E-state index contributed by atoms with van der Waals surface area (Å²) in [5.41, 5.74) is 1.14. The molecule has 1 amide bonds. The number of ether oxygens (including phenoxy) is 1. The minimum absolute atomic E-state index is 0.00684. The van der Waals surface area contributed by atoms with Crippen LogP contribution in [-0.2, 0) is 4.74 Å². The SMILES string of the molecule is O=C(NCCOCC(F)(F)F)c1csc(-c2ccccc2)n1. The van der Waals surface area contributed by atoms with Gasteiger partial charge in [0.25, 0.3) is 5.91 Å². The average Bonchev–Trinajstić information content (AvgIpc) is 2.96. The largest absolute Gasteiger partial charge is 0.411 e. The molecule has 0 radical (unpaired) electrons. The number of alkyl halides is 3. The zero-order chi connectivity index (χ0) is 16.0. The Bertz CT molecular complexity index is 614. The molecule has 0 unspecified atom stereocenters. The first-order valence-electron chi connectivity index (χ1n) is 6.39. The van der Waals surface area contributed by atoms with Gasteiger partial charge in [0.2, 0.25) is 0 Å². The van der Waals surface area contributed by atoms with Gasteiger partial charge in [-0.25, -0.2) is 4.98 Å². The van der Waals surface area contributed by atoms with Crippen molar-refractivity contribution in [2.24, 2.45) is 0 Å². The van der Waals surface area contributed by atoms with Crippen LogP contribution in [0.4, 0.5) is 13.2 Å². The smallest absolute Gasteiger partial charge is 0.370 e. The molecule has 0 atom stereocenters. The number of amides is 1. The molecule has 0 aliphatic rings. The molecule has 4 nitrogen and oxygen atoms in total. The third-order valence-corrected chi connectivity index (χ3v) is 3.45. The number of aromatic nitrogens is 1. The molecular weight excluding hydrogens is 317 g/mol. The number of nitrogens with zero attached hydrogens (tertiary/aromatic N) is 1. The lowest BCUT2D eigenvalue weighted by Gasteiger charge is -2.07. The van der Waals surface area contributed by atoms with Gasteiger partial charge in [0.1, 0.15) is 17.3 Å². The Kier molecular flexibility index (Phi) is 5.51. The van der Waals surface area contributed by atoms with E-state index in [0.29, 0.717) is 5.01 Å². The van der Waals surface area contributed by atoms with E-state index in [1.165, 1.54) is 11.3 Å². The van der Waals surface area contributed by atoms with Crippen LogP contribution in [0.5, 0.6) is 0 Å². The molecule has 118 valence electrons. The van der Waals surface area contributed by atoms with Gasteiger partial charge >= 0.3 is 6.18 Å². The number of hydrogen-bond donors (Lipinski definition) is 1. The summed E-state index contributed by atoms with van der Waals surface area (Å²) in [6.45, 7) is -1.54. The van der Waals surface area contributed by atoms with Gasteiger partial charge in [0.05, 0.1) is 6.61 Å². The fourth-order valence-corrected chi connectivity index (χ4v) is 2.41. The monoisotopic (exact) mass is 330 g/mol. The van der Waals surface area contributed by atoms with Crippen LogP contribution in [0.2, 0.25) is 0 Å². The molecule has 0 aliphatic heterocycles. The van der Waals surface area contributed by atoms with Crippen molar-refractivity contribution in [2.45, 2.75) is 6.18 Å². The highest BCUT2D eigenvalue weighted by atomic mass is 32.1. The van der Waals surface area contributed by atoms with E-state index in [1.807, 2.05) is 30.3 Å². The molecule has 0 bridgehead atoms. The average molecular weight is 330 g/mol. The van der Waals surface area contributed by atoms with Crippen LogP contribution in [-0.4, -0.2) is 36.8 Å². The number of benzene rings is 1. The van der Waals surface area contributed by atoms with Crippen molar-refractivity contribution in [2.75, 3.05) is 19.8 Å². The van der Waals surface area contributed by atoms with E-state index in [1.54, 1.807) is 5.38 Å². The summed E-state index contributed by atoms with van der Waals surface area (Å²) in [7, 11) is 0. The number of halogens is 3. The lowest BCUT2D eigenvalue weighted by molar-refractivity contribution is -0.173. The maximum Gasteiger partial charge on any atom is 0.411 e. The number of nitrogens with one attached hydrogen (secondary N) is 1. The quantitative estimate of drug-likeness (QED) is 0.828. The van der Waals surface area contributed by atoms with E-state index in [4.69, 9.17) is 0 Å². The normalized spacial score (nSPS) is 11.4. The van der Waals surface area contributed by atoms with Gasteiger partial charge in [0, 0.05) is 17.5 Å². The van der Waals surface area contributed by atoms with E-state index in [0.717, 1.165) is 5.56 Å². The fourth-order valence-electron chi connectivity index (χ4n) is 1.61. The van der Waals surface area contributed by atoms with Crippen molar-refractivity contribution < 1.29 is 22.7 Å². The maximum atomic E-state index is 11.8. The maximum absolute atomic E-state index is 11.8. The first kappa shape index (κ1) is 16.4. The number of carbonyl (C=O) groups excluding carboxylic acids is 1. The number of hydrogen-bond acceptors (Lipinski definition) is 4. The second-order valence-electron chi connectivity index (χ2n) is 4.33. The molecular formula is C14H13F3N2O2S. The van der Waals surface area contributed by atoms with Gasteiger partial charge in [-0.3, -0.25) is 4.79 Å². The van der Waals surface area contributed by atoms with Crippen molar-refractivity contribution in [3.05, 3.63) is 41.4 Å².